The Morgan fingerprint density at radius 2 is 2.05 bits per heavy atom. The lowest BCUT2D eigenvalue weighted by Gasteiger charge is -2.42. The molecule has 3 aliphatic rings. The number of hydrogen-bond donors (Lipinski definition) is 2. The maximum atomic E-state index is 9.77. The van der Waals surface area contributed by atoms with Gasteiger partial charge < -0.3 is 10.4 Å². The first-order valence-corrected chi connectivity index (χ1v) is 8.39. The molecule has 2 N–H and O–H groups in total. The molecule has 4 unspecified atom stereocenters. The number of nitrogens with one attached hydrogen (secondary N) is 1. The van der Waals surface area contributed by atoms with Gasteiger partial charge in [0.15, 0.2) is 0 Å². The van der Waals surface area contributed by atoms with Gasteiger partial charge in [-0.2, -0.15) is 0 Å². The lowest BCUT2D eigenvalue weighted by atomic mass is 9.90. The van der Waals surface area contributed by atoms with Crippen LogP contribution in [0.4, 0.5) is 0 Å². The Kier molecular flexibility index (Phi) is 4.16. The largest absolute Gasteiger partial charge is 0.394 e. The van der Waals surface area contributed by atoms with Crippen molar-refractivity contribution in [2.24, 2.45) is 5.92 Å². The zero-order valence-corrected chi connectivity index (χ0v) is 12.4. The molecule has 0 amide bonds. The van der Waals surface area contributed by atoms with Crippen molar-refractivity contribution < 1.29 is 5.11 Å². The number of hydrogen-bond acceptors (Lipinski definition) is 3. The zero-order chi connectivity index (χ0) is 13.3. The quantitative estimate of drug-likeness (QED) is 0.818. The van der Waals surface area contributed by atoms with Crippen LogP contribution in [0.1, 0.15) is 58.3 Å². The van der Waals surface area contributed by atoms with Gasteiger partial charge in [-0.05, 0) is 64.0 Å². The lowest BCUT2D eigenvalue weighted by molar-refractivity contribution is 0.0617. The van der Waals surface area contributed by atoms with Crippen molar-refractivity contribution in [3.8, 4) is 0 Å². The molecule has 1 heterocycles. The molecule has 3 heteroatoms. The first-order valence-electron chi connectivity index (χ1n) is 8.39. The number of likely N-dealkylation sites (N-methyl/N-ethyl adjacent to an activating group) is 1. The van der Waals surface area contributed by atoms with Crippen molar-refractivity contribution in [1.82, 2.24) is 10.2 Å². The SMILES string of the molecule is CCNC1(CO)CCC(N2CCCC3CCCC32)C1. The van der Waals surface area contributed by atoms with Crippen LogP contribution in [0.2, 0.25) is 0 Å². The summed E-state index contributed by atoms with van der Waals surface area (Å²) >= 11 is 0. The fourth-order valence-electron chi connectivity index (χ4n) is 5.06. The predicted molar refractivity (Wildman–Crippen MR) is 78.2 cm³/mol. The van der Waals surface area contributed by atoms with Gasteiger partial charge >= 0.3 is 0 Å². The molecule has 19 heavy (non-hydrogen) atoms. The van der Waals surface area contributed by atoms with E-state index in [0.29, 0.717) is 6.61 Å². The smallest absolute Gasteiger partial charge is 0.0613 e. The normalized spacial score (nSPS) is 43.6. The number of fused-ring (bicyclic) bond motifs is 1. The van der Waals surface area contributed by atoms with Gasteiger partial charge in [0.1, 0.15) is 0 Å². The Labute approximate surface area is 117 Å². The molecule has 110 valence electrons. The van der Waals surface area contributed by atoms with Crippen LogP contribution in [0.15, 0.2) is 0 Å². The second kappa shape index (κ2) is 5.71. The van der Waals surface area contributed by atoms with E-state index < -0.39 is 0 Å². The maximum Gasteiger partial charge on any atom is 0.0613 e. The van der Waals surface area contributed by atoms with Crippen molar-refractivity contribution in [3.05, 3.63) is 0 Å². The highest BCUT2D eigenvalue weighted by molar-refractivity contribution is 5.02. The summed E-state index contributed by atoms with van der Waals surface area (Å²) in [5.41, 5.74) is 0.0188. The van der Waals surface area contributed by atoms with E-state index >= 15 is 0 Å². The van der Waals surface area contributed by atoms with Crippen molar-refractivity contribution in [2.45, 2.75) is 75.9 Å². The Morgan fingerprint density at radius 3 is 2.84 bits per heavy atom. The predicted octanol–water partition coefficient (Wildman–Crippen LogP) is 2.14. The molecule has 3 nitrogen and oxygen atoms in total. The van der Waals surface area contributed by atoms with Crippen LogP contribution in [0, 0.1) is 5.92 Å². The summed E-state index contributed by atoms with van der Waals surface area (Å²) in [6, 6.07) is 1.59. The Hall–Kier alpha value is -0.120. The molecule has 0 radical (unpaired) electrons. The summed E-state index contributed by atoms with van der Waals surface area (Å²) in [7, 11) is 0. The Bertz CT molecular complexity index is 309. The Morgan fingerprint density at radius 1 is 1.21 bits per heavy atom. The van der Waals surface area contributed by atoms with Gasteiger partial charge in [-0.25, -0.2) is 0 Å². The fourth-order valence-corrected chi connectivity index (χ4v) is 5.06. The third-order valence-corrected chi connectivity index (χ3v) is 5.94. The molecule has 3 fully saturated rings. The van der Waals surface area contributed by atoms with E-state index in [1.807, 2.05) is 0 Å². The maximum absolute atomic E-state index is 9.77. The number of piperidine rings is 1. The minimum atomic E-state index is 0.0188. The van der Waals surface area contributed by atoms with Gasteiger partial charge in [-0.15, -0.1) is 0 Å². The average Bonchev–Trinajstić information content (AvgIpc) is 3.05. The molecule has 2 saturated carbocycles. The molecule has 0 spiro atoms. The number of nitrogens with zero attached hydrogens (tertiary/aromatic N) is 1. The van der Waals surface area contributed by atoms with E-state index in [0.717, 1.165) is 37.4 Å². The van der Waals surface area contributed by atoms with Crippen molar-refractivity contribution in [1.29, 1.82) is 0 Å². The third kappa shape index (κ3) is 2.57. The number of aliphatic hydroxyl groups excluding tert-OH is 1. The highest BCUT2D eigenvalue weighted by Gasteiger charge is 2.44. The summed E-state index contributed by atoms with van der Waals surface area (Å²) in [6.45, 7) is 4.73. The molecule has 2 aliphatic carbocycles. The van der Waals surface area contributed by atoms with E-state index in [9.17, 15) is 5.11 Å². The highest BCUT2D eigenvalue weighted by Crippen LogP contribution is 2.42. The standard InChI is InChI=1S/C16H30N2O/c1-2-17-16(12-19)9-8-14(11-16)18-10-4-6-13-5-3-7-15(13)18/h13-15,17,19H,2-12H2,1H3. The summed E-state index contributed by atoms with van der Waals surface area (Å²) in [6.07, 6.45) is 10.8. The molecule has 4 atom stereocenters. The topological polar surface area (TPSA) is 35.5 Å². The van der Waals surface area contributed by atoms with Crippen molar-refractivity contribution in [3.63, 3.8) is 0 Å². The minimum Gasteiger partial charge on any atom is -0.394 e. The molecule has 3 rings (SSSR count). The van der Waals surface area contributed by atoms with Crippen molar-refractivity contribution in [2.75, 3.05) is 19.7 Å². The summed E-state index contributed by atoms with van der Waals surface area (Å²) < 4.78 is 0. The van der Waals surface area contributed by atoms with Gasteiger partial charge in [-0.1, -0.05) is 13.3 Å². The molecule has 0 bridgehead atoms. The Balaban J connectivity index is 1.66. The second-order valence-corrected chi connectivity index (χ2v) is 7.00. The van der Waals surface area contributed by atoms with Crippen LogP contribution in [0.3, 0.4) is 0 Å². The van der Waals surface area contributed by atoms with E-state index in [-0.39, 0.29) is 5.54 Å². The molecule has 0 aromatic heterocycles. The first kappa shape index (κ1) is 13.8. The van der Waals surface area contributed by atoms with Crippen LogP contribution in [0.25, 0.3) is 0 Å². The number of likely N-dealkylation sites (tertiary alicyclic amines) is 1. The van der Waals surface area contributed by atoms with E-state index in [2.05, 4.69) is 17.1 Å². The molecule has 0 aromatic carbocycles. The number of aliphatic hydroxyl groups is 1. The average molecular weight is 266 g/mol. The number of rotatable bonds is 4. The van der Waals surface area contributed by atoms with Crippen LogP contribution in [0.5, 0.6) is 0 Å². The van der Waals surface area contributed by atoms with Crippen molar-refractivity contribution >= 4 is 0 Å². The lowest BCUT2D eigenvalue weighted by Crippen LogP contribution is -2.51. The molecule has 0 aromatic rings. The fraction of sp³-hybridized carbons (Fsp3) is 1.00. The van der Waals surface area contributed by atoms with Crippen LogP contribution in [-0.4, -0.2) is 47.3 Å². The van der Waals surface area contributed by atoms with E-state index in [4.69, 9.17) is 0 Å². The van der Waals surface area contributed by atoms with Gasteiger partial charge in [0.05, 0.1) is 6.61 Å². The summed E-state index contributed by atoms with van der Waals surface area (Å²) in [5.74, 6) is 0.983. The molecule has 1 aliphatic heterocycles. The summed E-state index contributed by atoms with van der Waals surface area (Å²) in [5, 5.41) is 13.3. The van der Waals surface area contributed by atoms with Crippen LogP contribution in [-0.2, 0) is 0 Å². The minimum absolute atomic E-state index is 0.0188. The molecular weight excluding hydrogens is 236 g/mol. The van der Waals surface area contributed by atoms with Crippen LogP contribution < -0.4 is 5.32 Å². The molecular formula is C16H30N2O. The van der Waals surface area contributed by atoms with Crippen LogP contribution >= 0.6 is 0 Å². The second-order valence-electron chi connectivity index (χ2n) is 7.00. The first-order chi connectivity index (χ1) is 9.28. The van der Waals surface area contributed by atoms with E-state index in [1.54, 1.807) is 0 Å². The highest BCUT2D eigenvalue weighted by atomic mass is 16.3. The van der Waals surface area contributed by atoms with Gasteiger partial charge in [0, 0.05) is 17.6 Å². The third-order valence-electron chi connectivity index (χ3n) is 5.94. The summed E-state index contributed by atoms with van der Waals surface area (Å²) in [4.78, 5) is 2.83. The van der Waals surface area contributed by atoms with Gasteiger partial charge in [-0.3, -0.25) is 4.90 Å². The van der Waals surface area contributed by atoms with E-state index in [1.165, 1.54) is 45.1 Å². The molecule has 1 saturated heterocycles. The monoisotopic (exact) mass is 266 g/mol. The zero-order valence-electron chi connectivity index (χ0n) is 12.4. The van der Waals surface area contributed by atoms with Gasteiger partial charge in [0.25, 0.3) is 0 Å². The van der Waals surface area contributed by atoms with Gasteiger partial charge in [0.2, 0.25) is 0 Å².